The molecule has 6 atom stereocenters. The molecular formula is C34H61ClO5Si3. The molecule has 1 aromatic carbocycles. The lowest BCUT2D eigenvalue weighted by Crippen LogP contribution is -2.56. The van der Waals surface area contributed by atoms with E-state index in [1.807, 2.05) is 18.2 Å². The Hall–Kier alpha value is -0.329. The third kappa shape index (κ3) is 7.80. The zero-order valence-electron chi connectivity index (χ0n) is 30.0. The quantitative estimate of drug-likeness (QED) is 0.258. The zero-order valence-corrected chi connectivity index (χ0v) is 33.8. The highest BCUT2D eigenvalue weighted by Crippen LogP contribution is 2.49. The summed E-state index contributed by atoms with van der Waals surface area (Å²) in [6.07, 6.45) is -0.176. The van der Waals surface area contributed by atoms with Gasteiger partial charge in [0.25, 0.3) is 0 Å². The lowest BCUT2D eigenvalue weighted by molar-refractivity contribution is -0.0576. The fraction of sp³-hybridized carbons (Fsp3) is 0.794. The second-order valence-electron chi connectivity index (χ2n) is 17.6. The molecule has 0 aromatic heterocycles. The Morgan fingerprint density at radius 3 is 1.79 bits per heavy atom. The lowest BCUT2D eigenvalue weighted by Gasteiger charge is -2.46. The van der Waals surface area contributed by atoms with Gasteiger partial charge in [-0.05, 0) is 91.5 Å². The van der Waals surface area contributed by atoms with Gasteiger partial charge in [-0.25, -0.2) is 0 Å². The molecule has 246 valence electrons. The monoisotopic (exact) mass is 668 g/mol. The van der Waals surface area contributed by atoms with Gasteiger partial charge in [0.1, 0.15) is 12.2 Å². The molecule has 5 nitrogen and oxygen atoms in total. The number of halogens is 1. The van der Waals surface area contributed by atoms with Crippen LogP contribution in [0.2, 0.25) is 59.4 Å². The van der Waals surface area contributed by atoms with Crippen LogP contribution in [0.15, 0.2) is 18.2 Å². The predicted molar refractivity (Wildman–Crippen MR) is 188 cm³/mol. The molecule has 0 amide bonds. The Balaban J connectivity index is 2.20. The van der Waals surface area contributed by atoms with Crippen LogP contribution in [-0.2, 0) is 18.0 Å². The summed E-state index contributed by atoms with van der Waals surface area (Å²) in [4.78, 5) is 13.0. The highest BCUT2D eigenvalue weighted by Gasteiger charge is 2.58. The Kier molecular flexibility index (Phi) is 10.7. The minimum absolute atomic E-state index is 0.00413. The standard InChI is InChI=1S/C34H61ClO5Si3/c1-22(38-41(11,12)32(2,3)4)28-30(39-42(13,14)33(5,6)7)31(40-43(15,16)34(8,9)10)29(37-28)25-19-20-27(36)24-18-17-23(35)21-26(24)25/h17-18,21-22,25,28-31H,19-20H2,1-16H3/t22-,25-,28+,29-,30+,31+/m1/s1. The summed E-state index contributed by atoms with van der Waals surface area (Å²) in [5, 5.41) is 0.715. The van der Waals surface area contributed by atoms with Crippen molar-refractivity contribution < 1.29 is 22.8 Å². The van der Waals surface area contributed by atoms with E-state index in [2.05, 4.69) is 109 Å². The van der Waals surface area contributed by atoms with E-state index in [0.29, 0.717) is 17.9 Å². The molecule has 43 heavy (non-hydrogen) atoms. The maximum absolute atomic E-state index is 13.0. The molecule has 0 radical (unpaired) electrons. The van der Waals surface area contributed by atoms with Crippen molar-refractivity contribution in [3.05, 3.63) is 34.3 Å². The third-order valence-corrected chi connectivity index (χ3v) is 25.1. The fourth-order valence-corrected chi connectivity index (χ4v) is 9.64. The highest BCUT2D eigenvalue weighted by molar-refractivity contribution is 6.75. The van der Waals surface area contributed by atoms with E-state index in [1.165, 1.54) is 0 Å². The van der Waals surface area contributed by atoms with Crippen LogP contribution < -0.4 is 0 Å². The lowest BCUT2D eigenvalue weighted by atomic mass is 9.77. The fourth-order valence-electron chi connectivity index (χ4n) is 5.43. The number of ketones is 1. The number of carbonyl (C=O) groups excluding carboxylic acids is 1. The summed E-state index contributed by atoms with van der Waals surface area (Å²) < 4.78 is 29.0. The molecule has 0 bridgehead atoms. The molecule has 1 heterocycles. The molecule has 0 saturated carbocycles. The van der Waals surface area contributed by atoms with Crippen molar-refractivity contribution in [1.82, 2.24) is 0 Å². The van der Waals surface area contributed by atoms with E-state index in [9.17, 15) is 4.79 Å². The Bertz CT molecular complexity index is 1160. The van der Waals surface area contributed by atoms with Crippen molar-refractivity contribution in [3.8, 4) is 0 Å². The van der Waals surface area contributed by atoms with Crippen LogP contribution in [0.4, 0.5) is 0 Å². The van der Waals surface area contributed by atoms with Crippen LogP contribution in [0.25, 0.3) is 0 Å². The largest absolute Gasteiger partial charge is 0.411 e. The van der Waals surface area contributed by atoms with Crippen LogP contribution in [0.3, 0.4) is 0 Å². The van der Waals surface area contributed by atoms with Gasteiger partial charge < -0.3 is 18.0 Å². The molecule has 1 aliphatic carbocycles. The number of hydrogen-bond donors (Lipinski definition) is 0. The van der Waals surface area contributed by atoms with Gasteiger partial charge in [-0.1, -0.05) is 73.9 Å². The summed E-state index contributed by atoms with van der Waals surface area (Å²) in [6.45, 7) is 36.5. The minimum Gasteiger partial charge on any atom is -0.411 e. The Morgan fingerprint density at radius 2 is 1.30 bits per heavy atom. The van der Waals surface area contributed by atoms with Gasteiger partial charge in [-0.15, -0.1) is 0 Å². The number of ether oxygens (including phenoxy) is 1. The van der Waals surface area contributed by atoms with E-state index in [1.54, 1.807) is 0 Å². The van der Waals surface area contributed by atoms with E-state index in [0.717, 1.165) is 11.1 Å². The van der Waals surface area contributed by atoms with Gasteiger partial charge >= 0.3 is 0 Å². The number of carbonyl (C=O) groups is 1. The van der Waals surface area contributed by atoms with E-state index >= 15 is 0 Å². The predicted octanol–water partition coefficient (Wildman–Crippen LogP) is 10.4. The summed E-state index contributed by atoms with van der Waals surface area (Å²) in [6, 6.07) is 5.67. The van der Waals surface area contributed by atoms with Gasteiger partial charge in [-0.3, -0.25) is 4.79 Å². The smallest absolute Gasteiger partial charge is 0.192 e. The molecule has 0 spiro atoms. The first-order valence-electron chi connectivity index (χ1n) is 16.2. The summed E-state index contributed by atoms with van der Waals surface area (Å²) in [5.41, 5.74) is 1.73. The van der Waals surface area contributed by atoms with Crippen LogP contribution >= 0.6 is 11.6 Å². The normalized spacial score (nSPS) is 26.9. The zero-order chi connectivity index (χ0) is 33.1. The van der Waals surface area contributed by atoms with E-state index < -0.39 is 25.0 Å². The third-order valence-electron chi connectivity index (χ3n) is 11.3. The van der Waals surface area contributed by atoms with Gasteiger partial charge in [0, 0.05) is 22.9 Å². The van der Waals surface area contributed by atoms with Crippen molar-refractivity contribution >= 4 is 42.3 Å². The topological polar surface area (TPSA) is 54.0 Å². The van der Waals surface area contributed by atoms with Crippen molar-refractivity contribution in [3.63, 3.8) is 0 Å². The van der Waals surface area contributed by atoms with Crippen LogP contribution in [0.1, 0.15) is 104 Å². The van der Waals surface area contributed by atoms with Crippen LogP contribution in [0.5, 0.6) is 0 Å². The highest BCUT2D eigenvalue weighted by atomic mass is 35.5. The maximum Gasteiger partial charge on any atom is 0.192 e. The summed E-state index contributed by atoms with van der Waals surface area (Å²) >= 11 is 6.55. The molecule has 2 aliphatic rings. The van der Waals surface area contributed by atoms with Crippen molar-refractivity contribution in [2.75, 3.05) is 0 Å². The average Bonchev–Trinajstić information content (AvgIpc) is 3.13. The number of rotatable bonds is 8. The van der Waals surface area contributed by atoms with Crippen LogP contribution in [0, 0.1) is 0 Å². The minimum atomic E-state index is -2.27. The van der Waals surface area contributed by atoms with Crippen molar-refractivity contribution in [1.29, 1.82) is 0 Å². The molecule has 1 saturated heterocycles. The molecule has 3 rings (SSSR count). The molecule has 0 unspecified atom stereocenters. The van der Waals surface area contributed by atoms with Gasteiger partial charge in [0.15, 0.2) is 30.7 Å². The van der Waals surface area contributed by atoms with Gasteiger partial charge in [0.05, 0.1) is 18.3 Å². The van der Waals surface area contributed by atoms with Gasteiger partial charge in [0.2, 0.25) is 0 Å². The van der Waals surface area contributed by atoms with E-state index in [-0.39, 0.29) is 57.3 Å². The number of hydrogen-bond acceptors (Lipinski definition) is 5. The number of fused-ring (bicyclic) bond motifs is 1. The Morgan fingerprint density at radius 1 is 0.814 bits per heavy atom. The second kappa shape index (κ2) is 12.4. The van der Waals surface area contributed by atoms with Gasteiger partial charge in [-0.2, -0.15) is 0 Å². The maximum atomic E-state index is 13.0. The molecule has 9 heteroatoms. The molecule has 1 aromatic rings. The number of benzene rings is 1. The second-order valence-corrected chi connectivity index (χ2v) is 32.3. The Labute approximate surface area is 271 Å². The number of Topliss-reactive ketones (excluding diaryl/α,β-unsaturated/α-hetero) is 1. The first-order chi connectivity index (χ1) is 19.2. The van der Waals surface area contributed by atoms with Crippen molar-refractivity contribution in [2.24, 2.45) is 0 Å². The molecule has 1 fully saturated rings. The first-order valence-corrected chi connectivity index (χ1v) is 25.3. The first kappa shape index (κ1) is 37.1. The summed E-state index contributed by atoms with van der Waals surface area (Å²) in [7, 11) is -6.63. The molecule has 1 aliphatic heterocycles. The van der Waals surface area contributed by atoms with E-state index in [4.69, 9.17) is 29.6 Å². The summed E-state index contributed by atoms with van der Waals surface area (Å²) in [5.74, 6) is 0.139. The van der Waals surface area contributed by atoms with Crippen LogP contribution in [-0.4, -0.2) is 61.3 Å². The molecular weight excluding hydrogens is 608 g/mol. The molecule has 0 N–H and O–H groups in total. The van der Waals surface area contributed by atoms with Crippen molar-refractivity contribution in [2.45, 2.75) is 173 Å². The average molecular weight is 670 g/mol. The SMILES string of the molecule is C[C@@H](O[Si](C)(C)C(C)(C)C)[C@@H]1O[C@H]([C@@H]2CCC(=O)c3ccc(Cl)cc32)[C@H](O[Si](C)(C)C(C)(C)C)[C@H]1O[Si](C)(C)C(C)(C)C.